The fourth-order valence-corrected chi connectivity index (χ4v) is 1.85. The van der Waals surface area contributed by atoms with Crippen LogP contribution in [0.3, 0.4) is 0 Å². The van der Waals surface area contributed by atoms with Crippen LogP contribution < -0.4 is 0 Å². The maximum Gasteiger partial charge on any atom is 0.332 e. The first-order chi connectivity index (χ1) is 7.41. The molecule has 98 valence electrons. The van der Waals surface area contributed by atoms with Gasteiger partial charge in [-0.3, -0.25) is 0 Å². The normalized spacial score (nSPS) is 19.1. The minimum absolute atomic E-state index is 0.0886. The van der Waals surface area contributed by atoms with E-state index in [-0.39, 0.29) is 19.8 Å². The molecular weight excluding hydrogens is 235 g/mol. The molecule has 3 N–H and O–H groups in total. The largest absolute Gasteiger partial charge is 0.391 e. The molecule has 0 spiro atoms. The molecule has 6 nitrogen and oxygen atoms in total. The van der Waals surface area contributed by atoms with Gasteiger partial charge in [0.05, 0.1) is 38.1 Å². The van der Waals surface area contributed by atoms with Crippen molar-refractivity contribution in [2.75, 3.05) is 19.8 Å². The van der Waals surface area contributed by atoms with Gasteiger partial charge in [0.25, 0.3) is 0 Å². The van der Waals surface area contributed by atoms with Crippen molar-refractivity contribution in [1.82, 2.24) is 0 Å². The topological polar surface area (TPSA) is 88.4 Å². The third-order valence-corrected chi connectivity index (χ3v) is 2.34. The Kier molecular flexibility index (Phi) is 9.35. The molecule has 0 fully saturated rings. The Labute approximate surface area is 97.1 Å². The molecule has 0 radical (unpaired) electrons. The van der Waals surface area contributed by atoms with E-state index < -0.39 is 26.9 Å². The number of hydrogen-bond donors (Lipinski definition) is 3. The molecule has 0 aliphatic rings. The highest BCUT2D eigenvalue weighted by molar-refractivity contribution is 7.41. The van der Waals surface area contributed by atoms with Crippen molar-refractivity contribution in [1.29, 1.82) is 0 Å². The van der Waals surface area contributed by atoms with E-state index in [2.05, 4.69) is 0 Å². The third-order valence-electron chi connectivity index (χ3n) is 1.26. The molecule has 0 rings (SSSR count). The van der Waals surface area contributed by atoms with Crippen molar-refractivity contribution in [2.24, 2.45) is 0 Å². The second-order valence-electron chi connectivity index (χ2n) is 3.66. The van der Waals surface area contributed by atoms with Crippen molar-refractivity contribution >= 4 is 8.60 Å². The van der Waals surface area contributed by atoms with Crippen LogP contribution >= 0.6 is 8.60 Å². The average molecular weight is 256 g/mol. The van der Waals surface area contributed by atoms with Gasteiger partial charge in [0.2, 0.25) is 0 Å². The second kappa shape index (κ2) is 9.24. The van der Waals surface area contributed by atoms with E-state index in [0.29, 0.717) is 0 Å². The number of rotatable bonds is 9. The molecule has 0 aromatic heterocycles. The summed E-state index contributed by atoms with van der Waals surface area (Å²) >= 11 is 0. The Morgan fingerprint density at radius 2 is 1.00 bits per heavy atom. The van der Waals surface area contributed by atoms with Crippen LogP contribution in [-0.2, 0) is 13.6 Å². The zero-order chi connectivity index (χ0) is 12.6. The van der Waals surface area contributed by atoms with E-state index in [0.717, 1.165) is 0 Å². The lowest BCUT2D eigenvalue weighted by Crippen LogP contribution is -2.15. The van der Waals surface area contributed by atoms with Crippen molar-refractivity contribution < 1.29 is 28.9 Å². The van der Waals surface area contributed by atoms with Crippen LogP contribution in [0.15, 0.2) is 0 Å². The molecule has 0 amide bonds. The predicted molar refractivity (Wildman–Crippen MR) is 59.8 cm³/mol. The summed E-state index contributed by atoms with van der Waals surface area (Å²) in [6.45, 7) is 5.01. The standard InChI is InChI=1S/C9H21O6P/c1-7(10)4-13-16(14-5-8(2)11)15-6-9(3)12/h7-12H,4-6H2,1-3H3. The molecule has 7 heteroatoms. The Hall–Kier alpha value is 0.190. The summed E-state index contributed by atoms with van der Waals surface area (Å²) in [5, 5.41) is 27.1. The zero-order valence-electron chi connectivity index (χ0n) is 9.87. The van der Waals surface area contributed by atoms with Crippen LogP contribution in [0.25, 0.3) is 0 Å². The van der Waals surface area contributed by atoms with Crippen molar-refractivity contribution in [3.63, 3.8) is 0 Å². The Morgan fingerprint density at radius 1 is 0.750 bits per heavy atom. The van der Waals surface area contributed by atoms with Gasteiger partial charge in [-0.15, -0.1) is 0 Å². The molecule has 0 saturated heterocycles. The van der Waals surface area contributed by atoms with Crippen molar-refractivity contribution in [3.8, 4) is 0 Å². The fraction of sp³-hybridized carbons (Fsp3) is 1.00. The molecule has 16 heavy (non-hydrogen) atoms. The number of aliphatic hydroxyl groups is 3. The number of aliphatic hydroxyl groups excluding tert-OH is 3. The minimum Gasteiger partial charge on any atom is -0.391 e. The van der Waals surface area contributed by atoms with E-state index in [1.54, 1.807) is 20.8 Å². The van der Waals surface area contributed by atoms with Crippen LogP contribution in [0.1, 0.15) is 20.8 Å². The maximum absolute atomic E-state index is 9.03. The van der Waals surface area contributed by atoms with Crippen LogP contribution in [0.2, 0.25) is 0 Å². The summed E-state index contributed by atoms with van der Waals surface area (Å²) in [5.41, 5.74) is 0. The Bertz CT molecular complexity index is 136. The lowest BCUT2D eigenvalue weighted by molar-refractivity contribution is 0.0524. The molecule has 0 aliphatic carbocycles. The van der Waals surface area contributed by atoms with Gasteiger partial charge in [0, 0.05) is 0 Å². The first-order valence-electron chi connectivity index (χ1n) is 5.15. The van der Waals surface area contributed by atoms with Gasteiger partial charge in [0.15, 0.2) is 0 Å². The van der Waals surface area contributed by atoms with Crippen LogP contribution in [0.5, 0.6) is 0 Å². The highest BCUT2D eigenvalue weighted by Gasteiger charge is 2.16. The highest BCUT2D eigenvalue weighted by Crippen LogP contribution is 2.39. The van der Waals surface area contributed by atoms with Gasteiger partial charge in [-0.2, -0.15) is 0 Å². The molecule has 0 aromatic carbocycles. The molecule has 0 bridgehead atoms. The average Bonchev–Trinajstić information content (AvgIpc) is 2.15. The second-order valence-corrected chi connectivity index (χ2v) is 4.88. The zero-order valence-corrected chi connectivity index (χ0v) is 10.8. The van der Waals surface area contributed by atoms with E-state index in [9.17, 15) is 0 Å². The lowest BCUT2D eigenvalue weighted by Gasteiger charge is -2.18. The monoisotopic (exact) mass is 256 g/mol. The van der Waals surface area contributed by atoms with E-state index >= 15 is 0 Å². The molecule has 0 saturated carbocycles. The predicted octanol–water partition coefficient (Wildman–Crippen LogP) is 0.405. The van der Waals surface area contributed by atoms with Crippen LogP contribution in [-0.4, -0.2) is 53.5 Å². The summed E-state index contributed by atoms with van der Waals surface area (Å²) in [4.78, 5) is 0. The third kappa shape index (κ3) is 10.7. The van der Waals surface area contributed by atoms with E-state index in [4.69, 9.17) is 28.9 Å². The summed E-state index contributed by atoms with van der Waals surface area (Å²) in [7, 11) is -1.64. The van der Waals surface area contributed by atoms with Gasteiger partial charge >= 0.3 is 8.60 Å². The van der Waals surface area contributed by atoms with E-state index in [1.165, 1.54) is 0 Å². The van der Waals surface area contributed by atoms with Crippen molar-refractivity contribution in [3.05, 3.63) is 0 Å². The molecule has 0 heterocycles. The van der Waals surface area contributed by atoms with Gasteiger partial charge < -0.3 is 28.9 Å². The van der Waals surface area contributed by atoms with Gasteiger partial charge in [-0.05, 0) is 20.8 Å². The van der Waals surface area contributed by atoms with Gasteiger partial charge in [-0.1, -0.05) is 0 Å². The summed E-state index contributed by atoms with van der Waals surface area (Å²) in [5.74, 6) is 0. The van der Waals surface area contributed by atoms with Crippen molar-refractivity contribution in [2.45, 2.75) is 39.1 Å². The smallest absolute Gasteiger partial charge is 0.332 e. The first-order valence-corrected chi connectivity index (χ1v) is 6.24. The Morgan fingerprint density at radius 3 is 1.19 bits per heavy atom. The Balaban J connectivity index is 3.85. The summed E-state index contributed by atoms with van der Waals surface area (Å²) < 4.78 is 15.5. The number of hydrogen-bond acceptors (Lipinski definition) is 6. The molecule has 3 unspecified atom stereocenters. The summed E-state index contributed by atoms with van der Waals surface area (Å²) in [6.07, 6.45) is -1.85. The molecule has 0 aromatic rings. The maximum atomic E-state index is 9.03. The lowest BCUT2D eigenvalue weighted by atomic mass is 10.5. The molecule has 3 atom stereocenters. The van der Waals surface area contributed by atoms with E-state index in [1.807, 2.05) is 0 Å². The van der Waals surface area contributed by atoms with Gasteiger partial charge in [-0.25, -0.2) is 0 Å². The van der Waals surface area contributed by atoms with Gasteiger partial charge in [0.1, 0.15) is 0 Å². The SMILES string of the molecule is CC(O)COP(OCC(C)O)OCC(C)O. The fourth-order valence-electron chi connectivity index (χ4n) is 0.618. The quantitative estimate of drug-likeness (QED) is 0.518. The minimum atomic E-state index is -1.64. The van der Waals surface area contributed by atoms with Crippen LogP contribution in [0, 0.1) is 0 Å². The van der Waals surface area contributed by atoms with Crippen LogP contribution in [0.4, 0.5) is 0 Å². The summed E-state index contributed by atoms with van der Waals surface area (Å²) in [6, 6.07) is 0. The molecular formula is C9H21O6P. The first kappa shape index (κ1) is 16.2. The highest BCUT2D eigenvalue weighted by atomic mass is 31.2. The molecule has 0 aliphatic heterocycles.